The molecule has 7 heteroatoms. The van der Waals surface area contributed by atoms with Crippen LogP contribution in [0.25, 0.3) is 10.4 Å². The van der Waals surface area contributed by atoms with Gasteiger partial charge in [0.1, 0.15) is 0 Å². The summed E-state index contributed by atoms with van der Waals surface area (Å²) >= 11 is 1.75. The fourth-order valence-electron chi connectivity index (χ4n) is 3.21. The lowest BCUT2D eigenvalue weighted by atomic mass is 9.80. The van der Waals surface area contributed by atoms with Gasteiger partial charge in [0.15, 0.2) is 0 Å². The molecule has 1 aliphatic heterocycles. The number of hydrogen-bond acceptors (Lipinski definition) is 5. The van der Waals surface area contributed by atoms with Crippen LogP contribution in [-0.4, -0.2) is 29.0 Å². The van der Waals surface area contributed by atoms with Gasteiger partial charge in [0.2, 0.25) is 0 Å². The molecule has 1 saturated heterocycles. The van der Waals surface area contributed by atoms with Crippen LogP contribution in [-0.2, 0) is 6.54 Å². The van der Waals surface area contributed by atoms with E-state index in [4.69, 9.17) is 5.73 Å². The molecule has 1 atom stereocenters. The van der Waals surface area contributed by atoms with Crippen molar-refractivity contribution in [3.05, 3.63) is 51.4 Å². The van der Waals surface area contributed by atoms with E-state index in [1.807, 2.05) is 12.1 Å². The summed E-state index contributed by atoms with van der Waals surface area (Å²) in [6.07, 6.45) is 1.04. The normalized spacial score (nSPS) is 20.0. The SMILES string of the molecule is CC1(C)CN(Cc2ccc(-c3ccc([N+](=O)[O-])cc3)s2)CCC1N.Cl. The Balaban J connectivity index is 0.00000225. The molecule has 25 heavy (non-hydrogen) atoms. The van der Waals surface area contributed by atoms with Gasteiger partial charge in [-0.05, 0) is 41.7 Å². The predicted octanol–water partition coefficient (Wildman–Crippen LogP) is 4.30. The maximum atomic E-state index is 10.7. The summed E-state index contributed by atoms with van der Waals surface area (Å²) in [4.78, 5) is 15.3. The Kier molecular flexibility index (Phi) is 6.21. The van der Waals surface area contributed by atoms with Crippen molar-refractivity contribution >= 4 is 29.4 Å². The van der Waals surface area contributed by atoms with Gasteiger partial charge < -0.3 is 5.73 Å². The second-order valence-electron chi connectivity index (χ2n) is 7.16. The van der Waals surface area contributed by atoms with Gasteiger partial charge in [0, 0.05) is 47.6 Å². The average Bonchev–Trinajstić information content (AvgIpc) is 2.99. The van der Waals surface area contributed by atoms with Gasteiger partial charge >= 0.3 is 0 Å². The second-order valence-corrected chi connectivity index (χ2v) is 8.33. The molecule has 0 spiro atoms. The molecule has 5 nitrogen and oxygen atoms in total. The third kappa shape index (κ3) is 4.58. The van der Waals surface area contributed by atoms with E-state index in [1.165, 1.54) is 4.88 Å². The van der Waals surface area contributed by atoms with Crippen LogP contribution < -0.4 is 5.73 Å². The highest BCUT2D eigenvalue weighted by molar-refractivity contribution is 7.15. The van der Waals surface area contributed by atoms with Crippen LogP contribution in [0.4, 0.5) is 5.69 Å². The molecule has 0 saturated carbocycles. The lowest BCUT2D eigenvalue weighted by Crippen LogP contribution is -2.51. The van der Waals surface area contributed by atoms with Crippen molar-refractivity contribution < 1.29 is 4.92 Å². The first kappa shape index (κ1) is 19.8. The zero-order valence-corrected chi connectivity index (χ0v) is 16.1. The number of halogens is 1. The van der Waals surface area contributed by atoms with E-state index >= 15 is 0 Å². The van der Waals surface area contributed by atoms with Crippen molar-refractivity contribution in [1.82, 2.24) is 4.90 Å². The van der Waals surface area contributed by atoms with E-state index in [1.54, 1.807) is 23.5 Å². The van der Waals surface area contributed by atoms with Crippen molar-refractivity contribution in [1.29, 1.82) is 0 Å². The summed E-state index contributed by atoms with van der Waals surface area (Å²) < 4.78 is 0. The summed E-state index contributed by atoms with van der Waals surface area (Å²) in [5.74, 6) is 0. The van der Waals surface area contributed by atoms with E-state index in [-0.39, 0.29) is 34.5 Å². The summed E-state index contributed by atoms with van der Waals surface area (Å²) in [7, 11) is 0. The zero-order valence-electron chi connectivity index (χ0n) is 14.5. The zero-order chi connectivity index (χ0) is 17.3. The summed E-state index contributed by atoms with van der Waals surface area (Å²) in [5, 5.41) is 10.7. The maximum absolute atomic E-state index is 10.7. The highest BCUT2D eigenvalue weighted by Crippen LogP contribution is 2.32. The summed E-state index contributed by atoms with van der Waals surface area (Å²) in [6.45, 7) is 7.46. The number of piperidine rings is 1. The third-order valence-electron chi connectivity index (χ3n) is 4.79. The van der Waals surface area contributed by atoms with E-state index in [9.17, 15) is 10.1 Å². The molecule has 0 bridgehead atoms. The quantitative estimate of drug-likeness (QED) is 0.632. The summed E-state index contributed by atoms with van der Waals surface area (Å²) in [6, 6.07) is 11.3. The third-order valence-corrected chi connectivity index (χ3v) is 5.91. The highest BCUT2D eigenvalue weighted by Gasteiger charge is 2.33. The number of nitro groups is 1. The van der Waals surface area contributed by atoms with Crippen molar-refractivity contribution in [3.8, 4) is 10.4 Å². The van der Waals surface area contributed by atoms with Crippen LogP contribution in [0.3, 0.4) is 0 Å². The smallest absolute Gasteiger partial charge is 0.269 e. The molecule has 0 radical (unpaired) electrons. The van der Waals surface area contributed by atoms with Gasteiger partial charge in [0.25, 0.3) is 5.69 Å². The molecule has 2 aromatic rings. The topological polar surface area (TPSA) is 72.4 Å². The standard InChI is InChI=1S/C18H23N3O2S.ClH/c1-18(2)12-20(10-9-17(18)19)11-15-7-8-16(24-15)13-3-5-14(6-4-13)21(22)23;/h3-8,17H,9-12,19H2,1-2H3;1H. The molecule has 136 valence electrons. The van der Waals surface area contributed by atoms with Gasteiger partial charge in [-0.2, -0.15) is 0 Å². The van der Waals surface area contributed by atoms with Gasteiger partial charge in [-0.15, -0.1) is 23.7 Å². The molecule has 1 aromatic heterocycles. The first-order chi connectivity index (χ1) is 11.3. The monoisotopic (exact) mass is 381 g/mol. The minimum Gasteiger partial charge on any atom is -0.327 e. The molecule has 0 amide bonds. The predicted molar refractivity (Wildman–Crippen MR) is 105 cm³/mol. The van der Waals surface area contributed by atoms with Crippen molar-refractivity contribution in [2.24, 2.45) is 11.1 Å². The molecule has 1 fully saturated rings. The molecule has 1 aromatic carbocycles. The Bertz CT molecular complexity index is 730. The molecular weight excluding hydrogens is 358 g/mol. The van der Waals surface area contributed by atoms with Crippen LogP contribution in [0.2, 0.25) is 0 Å². The van der Waals surface area contributed by atoms with Crippen molar-refractivity contribution in [2.45, 2.75) is 32.9 Å². The number of nitro benzene ring substituents is 1. The molecule has 1 aliphatic rings. The number of nitrogens with zero attached hydrogens (tertiary/aromatic N) is 2. The number of likely N-dealkylation sites (tertiary alicyclic amines) is 1. The summed E-state index contributed by atoms with van der Waals surface area (Å²) in [5.41, 5.74) is 7.51. The number of rotatable bonds is 4. The van der Waals surface area contributed by atoms with Crippen LogP contribution in [0.1, 0.15) is 25.1 Å². The van der Waals surface area contributed by atoms with Gasteiger partial charge in [-0.1, -0.05) is 13.8 Å². The van der Waals surface area contributed by atoms with Gasteiger partial charge in [-0.3, -0.25) is 15.0 Å². The Morgan fingerprint density at radius 1 is 1.28 bits per heavy atom. The van der Waals surface area contributed by atoms with Crippen LogP contribution in [0.5, 0.6) is 0 Å². The largest absolute Gasteiger partial charge is 0.327 e. The molecule has 2 N–H and O–H groups in total. The van der Waals surface area contributed by atoms with Crippen LogP contribution in [0, 0.1) is 15.5 Å². The fourth-order valence-corrected chi connectivity index (χ4v) is 4.26. The molecular formula is C18H24ClN3O2S. The number of non-ortho nitro benzene ring substituents is 1. The van der Waals surface area contributed by atoms with E-state index in [0.717, 1.165) is 36.5 Å². The molecule has 0 aliphatic carbocycles. The number of hydrogen-bond donors (Lipinski definition) is 1. The molecule has 1 unspecified atom stereocenters. The average molecular weight is 382 g/mol. The Labute approximate surface area is 158 Å². The fraction of sp³-hybridized carbons (Fsp3) is 0.444. The van der Waals surface area contributed by atoms with E-state index < -0.39 is 0 Å². The van der Waals surface area contributed by atoms with Crippen LogP contribution in [0.15, 0.2) is 36.4 Å². The lowest BCUT2D eigenvalue weighted by molar-refractivity contribution is -0.384. The first-order valence-electron chi connectivity index (χ1n) is 8.17. The number of nitrogens with two attached hydrogens (primary N) is 1. The Morgan fingerprint density at radius 3 is 2.56 bits per heavy atom. The van der Waals surface area contributed by atoms with Gasteiger partial charge in [-0.25, -0.2) is 0 Å². The number of benzene rings is 1. The highest BCUT2D eigenvalue weighted by atomic mass is 35.5. The van der Waals surface area contributed by atoms with Gasteiger partial charge in [0.05, 0.1) is 4.92 Å². The molecule has 2 heterocycles. The maximum Gasteiger partial charge on any atom is 0.269 e. The molecule has 3 rings (SSSR count). The first-order valence-corrected chi connectivity index (χ1v) is 8.98. The van der Waals surface area contributed by atoms with Crippen molar-refractivity contribution in [3.63, 3.8) is 0 Å². The van der Waals surface area contributed by atoms with E-state index in [2.05, 4.69) is 30.9 Å². The minimum atomic E-state index is -0.369. The lowest BCUT2D eigenvalue weighted by Gasteiger charge is -2.42. The van der Waals surface area contributed by atoms with Crippen LogP contribution >= 0.6 is 23.7 Å². The Morgan fingerprint density at radius 2 is 1.96 bits per heavy atom. The van der Waals surface area contributed by atoms with Crippen molar-refractivity contribution in [2.75, 3.05) is 13.1 Å². The second kappa shape index (κ2) is 7.83. The van der Waals surface area contributed by atoms with E-state index in [0.29, 0.717) is 0 Å². The minimum absolute atomic E-state index is 0. The number of thiophene rings is 1. The Hall–Kier alpha value is -1.47.